The van der Waals surface area contributed by atoms with E-state index in [1.54, 1.807) is 0 Å². The Labute approximate surface area is 67.0 Å². The summed E-state index contributed by atoms with van der Waals surface area (Å²) >= 11 is 0. The van der Waals surface area contributed by atoms with Crippen molar-refractivity contribution in [2.45, 2.75) is 19.1 Å². The van der Waals surface area contributed by atoms with E-state index in [1.807, 2.05) is 0 Å². The van der Waals surface area contributed by atoms with E-state index in [1.165, 1.54) is 17.1 Å². The van der Waals surface area contributed by atoms with Gasteiger partial charge >= 0.3 is 6.18 Å². The first-order chi connectivity index (χ1) is 5.47. The van der Waals surface area contributed by atoms with E-state index in [0.717, 1.165) is 0 Å². The van der Waals surface area contributed by atoms with Crippen LogP contribution in [0.2, 0.25) is 0 Å². The van der Waals surface area contributed by atoms with Crippen LogP contribution in [0.1, 0.15) is 6.42 Å². The third-order valence-electron chi connectivity index (χ3n) is 1.28. The lowest BCUT2D eigenvalue weighted by molar-refractivity contribution is -0.137. The quantitative estimate of drug-likeness (QED) is 0.746. The Kier molecular flexibility index (Phi) is 2.25. The van der Waals surface area contributed by atoms with Crippen molar-refractivity contribution in [3.63, 3.8) is 0 Å². The molecule has 0 aromatic carbocycles. The van der Waals surface area contributed by atoms with Gasteiger partial charge in [-0.05, 0) is 0 Å². The molecule has 0 radical (unpaired) electrons. The number of alkyl halides is 3. The number of nitrogen functional groups attached to an aromatic ring is 1. The molecular weight excluding hydrogens is 171 g/mol. The molecule has 0 atom stereocenters. The lowest BCUT2D eigenvalue weighted by Gasteiger charge is -2.04. The maximum Gasteiger partial charge on any atom is 0.390 e. The van der Waals surface area contributed by atoms with Gasteiger partial charge in [0.25, 0.3) is 0 Å². The van der Waals surface area contributed by atoms with E-state index in [4.69, 9.17) is 5.73 Å². The molecule has 1 heterocycles. The van der Waals surface area contributed by atoms with Crippen LogP contribution in [-0.2, 0) is 6.54 Å². The van der Waals surface area contributed by atoms with Gasteiger partial charge in [-0.2, -0.15) is 18.3 Å². The van der Waals surface area contributed by atoms with Gasteiger partial charge in [0, 0.05) is 12.7 Å². The Bertz CT molecular complexity index is 253. The van der Waals surface area contributed by atoms with Gasteiger partial charge in [0.15, 0.2) is 0 Å². The smallest absolute Gasteiger partial charge is 0.390 e. The number of anilines is 1. The van der Waals surface area contributed by atoms with Gasteiger partial charge in [-0.3, -0.25) is 4.68 Å². The molecule has 1 aromatic heterocycles. The summed E-state index contributed by atoms with van der Waals surface area (Å²) in [6.45, 7) is -0.180. The second-order valence-electron chi connectivity index (χ2n) is 2.40. The summed E-state index contributed by atoms with van der Waals surface area (Å²) in [5, 5.41) is 3.61. The molecule has 68 valence electrons. The molecule has 1 aromatic rings. The van der Waals surface area contributed by atoms with E-state index in [-0.39, 0.29) is 6.54 Å². The Morgan fingerprint density at radius 1 is 1.50 bits per heavy atom. The maximum absolute atomic E-state index is 11.7. The fraction of sp³-hybridized carbons (Fsp3) is 0.500. The van der Waals surface area contributed by atoms with E-state index < -0.39 is 12.6 Å². The first-order valence-corrected chi connectivity index (χ1v) is 3.32. The molecule has 3 nitrogen and oxygen atoms in total. The number of nitrogens with two attached hydrogens (primary N) is 1. The molecular formula is C6H8F3N3. The molecule has 0 aliphatic rings. The lowest BCUT2D eigenvalue weighted by atomic mass is 10.4. The predicted octanol–water partition coefficient (Wildman–Crippen LogP) is 1.42. The van der Waals surface area contributed by atoms with E-state index in [2.05, 4.69) is 5.10 Å². The molecule has 0 spiro atoms. The van der Waals surface area contributed by atoms with Gasteiger partial charge in [0.1, 0.15) is 0 Å². The van der Waals surface area contributed by atoms with Crippen molar-refractivity contribution in [1.29, 1.82) is 0 Å². The van der Waals surface area contributed by atoms with Gasteiger partial charge < -0.3 is 5.73 Å². The van der Waals surface area contributed by atoms with Crippen molar-refractivity contribution in [3.05, 3.63) is 12.4 Å². The molecule has 0 unspecified atom stereocenters. The maximum atomic E-state index is 11.7. The summed E-state index contributed by atoms with van der Waals surface area (Å²) in [6.07, 6.45) is -2.34. The Hall–Kier alpha value is -1.20. The summed E-state index contributed by atoms with van der Waals surface area (Å²) in [5.41, 5.74) is 5.63. The molecule has 0 aliphatic carbocycles. The van der Waals surface area contributed by atoms with Gasteiger partial charge in [-0.25, -0.2) is 0 Å². The minimum atomic E-state index is -4.14. The Balaban J connectivity index is 2.44. The van der Waals surface area contributed by atoms with Gasteiger partial charge in [-0.15, -0.1) is 0 Å². The SMILES string of the molecule is Nc1cnn(CCC(F)(F)F)c1. The molecule has 1 rings (SSSR count). The van der Waals surface area contributed by atoms with Crippen LogP contribution in [0.25, 0.3) is 0 Å². The van der Waals surface area contributed by atoms with Crippen LogP contribution in [0.5, 0.6) is 0 Å². The highest BCUT2D eigenvalue weighted by atomic mass is 19.4. The van der Waals surface area contributed by atoms with Crippen LogP contribution < -0.4 is 5.73 Å². The molecule has 2 N–H and O–H groups in total. The standard InChI is InChI=1S/C6H8F3N3/c7-6(8,9)1-2-12-4-5(10)3-11-12/h3-4H,1-2,10H2. The van der Waals surface area contributed by atoms with Crippen molar-refractivity contribution in [2.24, 2.45) is 0 Å². The van der Waals surface area contributed by atoms with Crippen LogP contribution >= 0.6 is 0 Å². The summed E-state index contributed by atoms with van der Waals surface area (Å²) < 4.78 is 36.2. The minimum Gasteiger partial charge on any atom is -0.396 e. The third-order valence-corrected chi connectivity index (χ3v) is 1.28. The van der Waals surface area contributed by atoms with Crippen molar-refractivity contribution in [3.8, 4) is 0 Å². The molecule has 0 fully saturated rings. The van der Waals surface area contributed by atoms with Crippen LogP contribution in [0.4, 0.5) is 18.9 Å². The average Bonchev–Trinajstić information content (AvgIpc) is 2.30. The van der Waals surface area contributed by atoms with Gasteiger partial charge in [0.05, 0.1) is 18.3 Å². The van der Waals surface area contributed by atoms with E-state index in [0.29, 0.717) is 5.69 Å². The van der Waals surface area contributed by atoms with Gasteiger partial charge in [-0.1, -0.05) is 0 Å². The Morgan fingerprint density at radius 2 is 2.17 bits per heavy atom. The average molecular weight is 179 g/mol. The fourth-order valence-electron chi connectivity index (χ4n) is 0.743. The molecule has 0 bridgehead atoms. The highest BCUT2D eigenvalue weighted by Gasteiger charge is 2.26. The first kappa shape index (κ1) is 8.89. The summed E-state index contributed by atoms with van der Waals surface area (Å²) in [7, 11) is 0. The minimum absolute atomic E-state index is 0.180. The van der Waals surface area contributed by atoms with E-state index >= 15 is 0 Å². The summed E-state index contributed by atoms with van der Waals surface area (Å²) in [5.74, 6) is 0. The monoisotopic (exact) mass is 179 g/mol. The first-order valence-electron chi connectivity index (χ1n) is 3.32. The highest BCUT2D eigenvalue weighted by Crippen LogP contribution is 2.20. The second-order valence-corrected chi connectivity index (χ2v) is 2.40. The van der Waals surface area contributed by atoms with Crippen LogP contribution in [0.3, 0.4) is 0 Å². The van der Waals surface area contributed by atoms with Gasteiger partial charge in [0.2, 0.25) is 0 Å². The van der Waals surface area contributed by atoms with Crippen LogP contribution in [0, 0.1) is 0 Å². The zero-order valence-electron chi connectivity index (χ0n) is 6.17. The zero-order chi connectivity index (χ0) is 9.19. The molecule has 12 heavy (non-hydrogen) atoms. The molecule has 6 heteroatoms. The predicted molar refractivity (Wildman–Crippen MR) is 37.3 cm³/mol. The van der Waals surface area contributed by atoms with Crippen molar-refractivity contribution in [2.75, 3.05) is 5.73 Å². The molecule has 0 saturated carbocycles. The second kappa shape index (κ2) is 3.04. The number of hydrogen-bond acceptors (Lipinski definition) is 2. The van der Waals surface area contributed by atoms with Crippen molar-refractivity contribution < 1.29 is 13.2 Å². The zero-order valence-corrected chi connectivity index (χ0v) is 6.17. The normalized spacial score (nSPS) is 11.9. The van der Waals surface area contributed by atoms with E-state index in [9.17, 15) is 13.2 Å². The largest absolute Gasteiger partial charge is 0.396 e. The number of nitrogens with zero attached hydrogens (tertiary/aromatic N) is 2. The van der Waals surface area contributed by atoms with Crippen LogP contribution in [0.15, 0.2) is 12.4 Å². The Morgan fingerprint density at radius 3 is 2.58 bits per heavy atom. The van der Waals surface area contributed by atoms with Crippen LogP contribution in [-0.4, -0.2) is 16.0 Å². The fourth-order valence-corrected chi connectivity index (χ4v) is 0.743. The summed E-state index contributed by atoms with van der Waals surface area (Å²) in [4.78, 5) is 0. The number of aryl methyl sites for hydroxylation is 1. The molecule has 0 saturated heterocycles. The summed E-state index contributed by atoms with van der Waals surface area (Å²) in [6, 6.07) is 0. The topological polar surface area (TPSA) is 43.8 Å². The van der Waals surface area contributed by atoms with Crippen molar-refractivity contribution in [1.82, 2.24) is 9.78 Å². The number of aromatic nitrogens is 2. The molecule has 0 aliphatic heterocycles. The number of halogens is 3. The van der Waals surface area contributed by atoms with Crippen molar-refractivity contribution >= 4 is 5.69 Å². The third kappa shape index (κ3) is 2.81. The highest BCUT2D eigenvalue weighted by molar-refractivity contribution is 5.30. The number of rotatable bonds is 2. The molecule has 0 amide bonds. The number of hydrogen-bond donors (Lipinski definition) is 1. The lowest BCUT2D eigenvalue weighted by Crippen LogP contribution is -2.12.